The molecule has 0 spiro atoms. The lowest BCUT2D eigenvalue weighted by atomic mass is 10.2. The molecule has 0 saturated carbocycles. The Balaban J connectivity index is 1.42. The van der Waals surface area contributed by atoms with Gasteiger partial charge in [0.25, 0.3) is 0 Å². The fourth-order valence-electron chi connectivity index (χ4n) is 3.81. The van der Waals surface area contributed by atoms with Crippen molar-refractivity contribution < 1.29 is 4.79 Å². The van der Waals surface area contributed by atoms with Crippen LogP contribution < -0.4 is 10.2 Å². The second kappa shape index (κ2) is 10.8. The number of anilines is 1. The fourth-order valence-corrected chi connectivity index (χ4v) is 4.57. The molecule has 2 saturated heterocycles. The molecule has 0 radical (unpaired) electrons. The summed E-state index contributed by atoms with van der Waals surface area (Å²) in [6, 6.07) is 0. The molecule has 0 bridgehead atoms. The van der Waals surface area contributed by atoms with Crippen molar-refractivity contribution in [3.8, 4) is 0 Å². The van der Waals surface area contributed by atoms with E-state index in [2.05, 4.69) is 35.4 Å². The molecular weight excluding hydrogens is 386 g/mol. The minimum atomic E-state index is 0.295. The van der Waals surface area contributed by atoms with Crippen LogP contribution in [0, 0.1) is 0 Å². The molecule has 1 aromatic heterocycles. The van der Waals surface area contributed by atoms with Gasteiger partial charge in [0.15, 0.2) is 11.1 Å². The third-order valence-electron chi connectivity index (χ3n) is 5.55. The Labute approximate surface area is 178 Å². The van der Waals surface area contributed by atoms with E-state index in [-0.39, 0.29) is 0 Å². The zero-order valence-corrected chi connectivity index (χ0v) is 18.9. The van der Waals surface area contributed by atoms with E-state index in [4.69, 9.17) is 0 Å². The highest BCUT2D eigenvalue weighted by molar-refractivity contribution is 7.13. The summed E-state index contributed by atoms with van der Waals surface area (Å²) in [5, 5.41) is 6.53. The summed E-state index contributed by atoms with van der Waals surface area (Å²) in [5.41, 5.74) is 1.03. The highest BCUT2D eigenvalue weighted by Crippen LogP contribution is 2.17. The highest BCUT2D eigenvalue weighted by atomic mass is 32.1. The number of aromatic nitrogens is 1. The van der Waals surface area contributed by atoms with E-state index >= 15 is 0 Å². The molecule has 3 rings (SSSR count). The van der Waals surface area contributed by atoms with Gasteiger partial charge >= 0.3 is 0 Å². The number of hydrogen-bond donors (Lipinski definition) is 1. The standard InChI is InChI=1S/C20H35N7OS/c1-21-19(22-14-17-16-29-20(23-17)24(2)3)27-12-10-25(11-13-27)15-18(28)26-8-6-4-5-7-9-26/h16H,4-15H2,1-3H3,(H,21,22). The lowest BCUT2D eigenvalue weighted by Crippen LogP contribution is -2.54. The fraction of sp³-hybridized carbons (Fsp3) is 0.750. The molecule has 0 aliphatic carbocycles. The maximum absolute atomic E-state index is 12.6. The third-order valence-corrected chi connectivity index (χ3v) is 6.61. The van der Waals surface area contributed by atoms with Gasteiger partial charge in [-0.25, -0.2) is 4.98 Å². The van der Waals surface area contributed by atoms with Crippen molar-refractivity contribution in [3.05, 3.63) is 11.1 Å². The van der Waals surface area contributed by atoms with Crippen LogP contribution in [0.3, 0.4) is 0 Å². The second-order valence-corrected chi connectivity index (χ2v) is 8.81. The number of likely N-dealkylation sites (tertiary alicyclic amines) is 1. The van der Waals surface area contributed by atoms with Crippen molar-refractivity contribution in [1.82, 2.24) is 25.0 Å². The number of guanidine groups is 1. The van der Waals surface area contributed by atoms with Crippen molar-refractivity contribution in [1.29, 1.82) is 0 Å². The smallest absolute Gasteiger partial charge is 0.236 e. The molecule has 2 aliphatic rings. The van der Waals surface area contributed by atoms with Crippen molar-refractivity contribution in [3.63, 3.8) is 0 Å². The summed E-state index contributed by atoms with van der Waals surface area (Å²) in [4.78, 5) is 30.3. The number of piperazine rings is 1. The maximum Gasteiger partial charge on any atom is 0.236 e. The number of carbonyl (C=O) groups is 1. The molecule has 2 fully saturated rings. The molecule has 9 heteroatoms. The third kappa shape index (κ3) is 6.30. The van der Waals surface area contributed by atoms with Crippen LogP contribution in [0.25, 0.3) is 0 Å². The number of hydrogen-bond acceptors (Lipinski definition) is 6. The lowest BCUT2D eigenvalue weighted by molar-refractivity contribution is -0.132. The highest BCUT2D eigenvalue weighted by Gasteiger charge is 2.23. The van der Waals surface area contributed by atoms with Gasteiger partial charge in [0, 0.05) is 65.8 Å². The number of aliphatic imine (C=N–C) groups is 1. The maximum atomic E-state index is 12.6. The van der Waals surface area contributed by atoms with Crippen molar-refractivity contribution in [2.24, 2.45) is 4.99 Å². The monoisotopic (exact) mass is 421 g/mol. The molecule has 29 heavy (non-hydrogen) atoms. The number of thiazole rings is 1. The van der Waals surface area contributed by atoms with Crippen LogP contribution >= 0.6 is 11.3 Å². The molecule has 1 aromatic rings. The van der Waals surface area contributed by atoms with Crippen LogP contribution in [0.5, 0.6) is 0 Å². The number of carbonyl (C=O) groups excluding carboxylic acids is 1. The number of nitrogens with one attached hydrogen (secondary N) is 1. The zero-order chi connectivity index (χ0) is 20.6. The van der Waals surface area contributed by atoms with E-state index in [1.165, 1.54) is 12.8 Å². The Morgan fingerprint density at radius 2 is 1.79 bits per heavy atom. The largest absolute Gasteiger partial charge is 0.354 e. The molecule has 8 nitrogen and oxygen atoms in total. The summed E-state index contributed by atoms with van der Waals surface area (Å²) in [6.45, 7) is 6.63. The first-order valence-electron chi connectivity index (χ1n) is 10.6. The predicted octanol–water partition coefficient (Wildman–Crippen LogP) is 1.30. The number of amides is 1. The lowest BCUT2D eigenvalue weighted by Gasteiger charge is -2.36. The molecule has 1 amide bonds. The topological polar surface area (TPSA) is 67.3 Å². The SMILES string of the molecule is CN=C(NCc1csc(N(C)C)n1)N1CCN(CC(=O)N2CCCCCC2)CC1. The van der Waals surface area contributed by atoms with Crippen molar-refractivity contribution in [2.45, 2.75) is 32.2 Å². The first-order valence-corrected chi connectivity index (χ1v) is 11.5. The summed E-state index contributed by atoms with van der Waals surface area (Å²) < 4.78 is 0. The summed E-state index contributed by atoms with van der Waals surface area (Å²) >= 11 is 1.65. The van der Waals surface area contributed by atoms with Crippen LogP contribution in [0.2, 0.25) is 0 Å². The summed E-state index contributed by atoms with van der Waals surface area (Å²) in [7, 11) is 5.84. The molecule has 0 unspecified atom stereocenters. The minimum Gasteiger partial charge on any atom is -0.354 e. The molecule has 162 valence electrons. The molecule has 0 aromatic carbocycles. The molecule has 1 N–H and O–H groups in total. The van der Waals surface area contributed by atoms with E-state index < -0.39 is 0 Å². The average Bonchev–Trinajstić information content (AvgIpc) is 3.03. The van der Waals surface area contributed by atoms with Gasteiger partial charge in [0.05, 0.1) is 18.8 Å². The Morgan fingerprint density at radius 1 is 1.10 bits per heavy atom. The van der Waals surface area contributed by atoms with Crippen LogP contribution in [0.4, 0.5) is 5.13 Å². The van der Waals surface area contributed by atoms with Gasteiger partial charge in [-0.3, -0.25) is 14.7 Å². The van der Waals surface area contributed by atoms with E-state index in [0.717, 1.165) is 68.9 Å². The molecule has 2 aliphatic heterocycles. The van der Waals surface area contributed by atoms with Crippen LogP contribution in [-0.4, -0.2) is 98.5 Å². The van der Waals surface area contributed by atoms with Crippen molar-refractivity contribution >= 4 is 28.3 Å². The van der Waals surface area contributed by atoms with Gasteiger partial charge in [0.1, 0.15) is 0 Å². The number of rotatable bonds is 5. The normalized spacial score (nSPS) is 19.2. The molecular formula is C20H35N7OS. The first-order chi connectivity index (χ1) is 14.1. The van der Waals surface area contributed by atoms with Gasteiger partial charge < -0.3 is 20.0 Å². The Kier molecular flexibility index (Phi) is 8.11. The van der Waals surface area contributed by atoms with E-state index in [1.807, 2.05) is 26.0 Å². The minimum absolute atomic E-state index is 0.295. The molecule has 0 atom stereocenters. The van der Waals surface area contributed by atoms with Crippen LogP contribution in [0.1, 0.15) is 31.4 Å². The number of nitrogens with zero attached hydrogens (tertiary/aromatic N) is 6. The van der Waals surface area contributed by atoms with Crippen molar-refractivity contribution in [2.75, 3.05) is 71.9 Å². The van der Waals surface area contributed by atoms with E-state index in [9.17, 15) is 4.79 Å². The second-order valence-electron chi connectivity index (χ2n) is 7.97. The van der Waals surface area contributed by atoms with Gasteiger partial charge in [-0.2, -0.15) is 0 Å². The first kappa shape index (κ1) is 21.8. The van der Waals surface area contributed by atoms with E-state index in [1.54, 1.807) is 11.3 Å². The van der Waals surface area contributed by atoms with Gasteiger partial charge in [-0.15, -0.1) is 11.3 Å². The van der Waals surface area contributed by atoms with Gasteiger partial charge in [0.2, 0.25) is 5.91 Å². The Morgan fingerprint density at radius 3 is 2.38 bits per heavy atom. The Hall–Kier alpha value is -1.87. The van der Waals surface area contributed by atoms with Gasteiger partial charge in [-0.1, -0.05) is 12.8 Å². The van der Waals surface area contributed by atoms with Crippen LogP contribution in [0.15, 0.2) is 10.4 Å². The average molecular weight is 422 g/mol. The summed E-state index contributed by atoms with van der Waals surface area (Å²) in [6.07, 6.45) is 4.81. The van der Waals surface area contributed by atoms with E-state index in [0.29, 0.717) is 19.0 Å². The summed E-state index contributed by atoms with van der Waals surface area (Å²) in [5.74, 6) is 1.20. The Bertz CT molecular complexity index is 674. The van der Waals surface area contributed by atoms with Crippen LogP contribution in [-0.2, 0) is 11.3 Å². The zero-order valence-electron chi connectivity index (χ0n) is 18.1. The van der Waals surface area contributed by atoms with Gasteiger partial charge in [-0.05, 0) is 12.8 Å². The molecule has 3 heterocycles. The predicted molar refractivity (Wildman–Crippen MR) is 120 cm³/mol. The quantitative estimate of drug-likeness (QED) is 0.571.